The van der Waals surface area contributed by atoms with E-state index in [0.29, 0.717) is 18.8 Å². The van der Waals surface area contributed by atoms with Crippen molar-refractivity contribution < 1.29 is 9.66 Å². The van der Waals surface area contributed by atoms with Crippen LogP contribution >= 0.6 is 0 Å². The van der Waals surface area contributed by atoms with E-state index in [1.54, 1.807) is 11.6 Å². The molecule has 0 aromatic carbocycles. The minimum absolute atomic E-state index is 0.0236. The second-order valence-electron chi connectivity index (χ2n) is 4.90. The Kier molecular flexibility index (Phi) is 4.04. The third-order valence-corrected chi connectivity index (χ3v) is 3.69. The highest BCUT2D eigenvalue weighted by Crippen LogP contribution is 2.35. The SMILES string of the molecule is CCn1nc(C)c([N+](=O)[O-])c1OC1CCCC1CN. The molecule has 7 nitrogen and oxygen atoms in total. The van der Waals surface area contributed by atoms with Crippen LogP contribution in [0.3, 0.4) is 0 Å². The van der Waals surface area contributed by atoms with Gasteiger partial charge in [0.25, 0.3) is 5.88 Å². The van der Waals surface area contributed by atoms with Crippen LogP contribution in [-0.4, -0.2) is 27.4 Å². The molecule has 2 N–H and O–H groups in total. The third kappa shape index (κ3) is 2.56. The summed E-state index contributed by atoms with van der Waals surface area (Å²) in [6, 6.07) is 0. The molecule has 1 aliphatic rings. The van der Waals surface area contributed by atoms with E-state index in [4.69, 9.17) is 10.5 Å². The summed E-state index contributed by atoms with van der Waals surface area (Å²) in [7, 11) is 0. The van der Waals surface area contributed by atoms with Gasteiger partial charge in [0.1, 0.15) is 11.8 Å². The van der Waals surface area contributed by atoms with Crippen LogP contribution in [0.1, 0.15) is 31.9 Å². The lowest BCUT2D eigenvalue weighted by atomic mass is 10.1. The van der Waals surface area contributed by atoms with Gasteiger partial charge in [0.2, 0.25) is 0 Å². The van der Waals surface area contributed by atoms with E-state index in [9.17, 15) is 10.1 Å². The Morgan fingerprint density at radius 3 is 2.89 bits per heavy atom. The van der Waals surface area contributed by atoms with Crippen LogP contribution in [0, 0.1) is 23.0 Å². The van der Waals surface area contributed by atoms with Crippen LogP contribution in [0.4, 0.5) is 5.69 Å². The van der Waals surface area contributed by atoms with Crippen LogP contribution < -0.4 is 10.5 Å². The van der Waals surface area contributed by atoms with Crippen molar-refractivity contribution in [3.05, 3.63) is 15.8 Å². The van der Waals surface area contributed by atoms with E-state index in [-0.39, 0.29) is 23.6 Å². The number of nitrogens with zero attached hydrogens (tertiary/aromatic N) is 3. The molecule has 0 bridgehead atoms. The molecule has 1 heterocycles. The summed E-state index contributed by atoms with van der Waals surface area (Å²) in [5, 5.41) is 15.3. The quantitative estimate of drug-likeness (QED) is 0.646. The molecule has 1 saturated carbocycles. The highest BCUT2D eigenvalue weighted by atomic mass is 16.6. The zero-order valence-corrected chi connectivity index (χ0v) is 11.3. The zero-order valence-electron chi connectivity index (χ0n) is 11.3. The van der Waals surface area contributed by atoms with Crippen molar-refractivity contribution in [2.24, 2.45) is 11.7 Å². The molecular weight excluding hydrogens is 248 g/mol. The van der Waals surface area contributed by atoms with Crippen molar-refractivity contribution in [3.8, 4) is 5.88 Å². The topological polar surface area (TPSA) is 96.2 Å². The van der Waals surface area contributed by atoms with Crippen molar-refractivity contribution in [2.45, 2.75) is 45.8 Å². The summed E-state index contributed by atoms with van der Waals surface area (Å²) in [6.45, 7) is 4.62. The van der Waals surface area contributed by atoms with Gasteiger partial charge in [-0.25, -0.2) is 4.68 Å². The largest absolute Gasteiger partial charge is 0.469 e. The number of nitrogens with two attached hydrogens (primary N) is 1. The highest BCUT2D eigenvalue weighted by molar-refractivity contribution is 5.45. The fraction of sp³-hybridized carbons (Fsp3) is 0.750. The molecule has 1 aromatic rings. The maximum absolute atomic E-state index is 11.1. The van der Waals surface area contributed by atoms with E-state index in [1.807, 2.05) is 6.92 Å². The fourth-order valence-corrected chi connectivity index (χ4v) is 2.66. The normalized spacial score (nSPS) is 22.7. The smallest absolute Gasteiger partial charge is 0.353 e. The minimum atomic E-state index is -0.420. The Hall–Kier alpha value is -1.63. The van der Waals surface area contributed by atoms with Crippen LogP contribution in [0.25, 0.3) is 0 Å². The molecule has 106 valence electrons. The molecular formula is C12H20N4O3. The minimum Gasteiger partial charge on any atom is -0.469 e. The second kappa shape index (κ2) is 5.56. The van der Waals surface area contributed by atoms with Crippen molar-refractivity contribution in [2.75, 3.05) is 6.54 Å². The maximum Gasteiger partial charge on any atom is 0.353 e. The highest BCUT2D eigenvalue weighted by Gasteiger charge is 2.33. The number of ether oxygens (including phenoxy) is 1. The molecule has 0 spiro atoms. The van der Waals surface area contributed by atoms with Gasteiger partial charge in [-0.15, -0.1) is 0 Å². The summed E-state index contributed by atoms with van der Waals surface area (Å²) in [5.74, 6) is 0.551. The van der Waals surface area contributed by atoms with Crippen LogP contribution in [0.15, 0.2) is 0 Å². The first-order valence-corrected chi connectivity index (χ1v) is 6.67. The zero-order chi connectivity index (χ0) is 14.0. The Morgan fingerprint density at radius 2 is 2.32 bits per heavy atom. The first-order chi connectivity index (χ1) is 9.08. The second-order valence-corrected chi connectivity index (χ2v) is 4.90. The monoisotopic (exact) mass is 268 g/mol. The van der Waals surface area contributed by atoms with Crippen LogP contribution in [0.2, 0.25) is 0 Å². The van der Waals surface area contributed by atoms with Gasteiger partial charge >= 0.3 is 5.69 Å². The lowest BCUT2D eigenvalue weighted by molar-refractivity contribution is -0.386. The number of aromatic nitrogens is 2. The third-order valence-electron chi connectivity index (χ3n) is 3.69. The number of hydrogen-bond acceptors (Lipinski definition) is 5. The number of rotatable bonds is 5. The molecule has 2 unspecified atom stereocenters. The Morgan fingerprint density at radius 1 is 1.58 bits per heavy atom. The lowest BCUT2D eigenvalue weighted by Crippen LogP contribution is -2.28. The average Bonchev–Trinajstić information content (AvgIpc) is 2.93. The van der Waals surface area contributed by atoms with Gasteiger partial charge in [-0.05, 0) is 39.7 Å². The Labute approximate surface area is 111 Å². The molecule has 2 atom stereocenters. The predicted octanol–water partition coefficient (Wildman–Crippen LogP) is 1.63. The maximum atomic E-state index is 11.1. The molecule has 19 heavy (non-hydrogen) atoms. The molecule has 0 saturated heterocycles. The summed E-state index contributed by atoms with van der Waals surface area (Å²) < 4.78 is 7.45. The first kappa shape index (κ1) is 13.8. The van der Waals surface area contributed by atoms with Crippen LogP contribution in [-0.2, 0) is 6.54 Å². The molecule has 0 amide bonds. The first-order valence-electron chi connectivity index (χ1n) is 6.67. The van der Waals surface area contributed by atoms with Crippen molar-refractivity contribution in [1.82, 2.24) is 9.78 Å². The lowest BCUT2D eigenvalue weighted by Gasteiger charge is -2.19. The summed E-state index contributed by atoms with van der Waals surface area (Å²) in [4.78, 5) is 10.7. The van der Waals surface area contributed by atoms with Gasteiger partial charge in [-0.2, -0.15) is 5.10 Å². The Balaban J connectivity index is 2.30. The van der Waals surface area contributed by atoms with Crippen LogP contribution in [0.5, 0.6) is 5.88 Å². The average molecular weight is 268 g/mol. The summed E-state index contributed by atoms with van der Waals surface area (Å²) in [5.41, 5.74) is 6.08. The molecule has 7 heteroatoms. The van der Waals surface area contributed by atoms with Gasteiger partial charge < -0.3 is 10.5 Å². The number of hydrogen-bond donors (Lipinski definition) is 1. The van der Waals surface area contributed by atoms with Gasteiger partial charge in [0, 0.05) is 12.5 Å². The van der Waals surface area contributed by atoms with Crippen molar-refractivity contribution >= 4 is 5.69 Å². The molecule has 1 aromatic heterocycles. The fourth-order valence-electron chi connectivity index (χ4n) is 2.66. The van der Waals surface area contributed by atoms with Gasteiger partial charge in [0.15, 0.2) is 0 Å². The van der Waals surface area contributed by atoms with Gasteiger partial charge in [-0.3, -0.25) is 10.1 Å². The standard InChI is InChI=1S/C12H20N4O3/c1-3-15-12(11(16(17)18)8(2)14-15)19-10-6-4-5-9(10)7-13/h9-10H,3-7,13H2,1-2H3. The van der Waals surface area contributed by atoms with Crippen molar-refractivity contribution in [3.63, 3.8) is 0 Å². The molecule has 0 radical (unpaired) electrons. The molecule has 2 rings (SSSR count). The van der Waals surface area contributed by atoms with E-state index in [0.717, 1.165) is 19.3 Å². The predicted molar refractivity (Wildman–Crippen MR) is 70.1 cm³/mol. The van der Waals surface area contributed by atoms with Crippen molar-refractivity contribution in [1.29, 1.82) is 0 Å². The van der Waals surface area contributed by atoms with E-state index >= 15 is 0 Å². The molecule has 1 fully saturated rings. The van der Waals surface area contributed by atoms with Gasteiger partial charge in [-0.1, -0.05) is 0 Å². The summed E-state index contributed by atoms with van der Waals surface area (Å²) in [6.07, 6.45) is 2.94. The Bertz CT molecular complexity index is 472. The number of aryl methyl sites for hydroxylation is 2. The van der Waals surface area contributed by atoms with E-state index < -0.39 is 4.92 Å². The van der Waals surface area contributed by atoms with E-state index in [1.165, 1.54) is 0 Å². The molecule has 0 aliphatic heterocycles. The summed E-state index contributed by atoms with van der Waals surface area (Å²) >= 11 is 0. The number of nitro groups is 1. The molecule has 1 aliphatic carbocycles. The van der Waals surface area contributed by atoms with Gasteiger partial charge in [0.05, 0.1) is 4.92 Å². The van der Waals surface area contributed by atoms with E-state index in [2.05, 4.69) is 5.10 Å².